The molecule has 0 radical (unpaired) electrons. The number of aromatic nitrogens is 3. The molecule has 0 N–H and O–H groups in total. The van der Waals surface area contributed by atoms with Crippen LogP contribution in [-0.4, -0.2) is 15.0 Å². The van der Waals surface area contributed by atoms with Crippen molar-refractivity contribution in [2.75, 3.05) is 0 Å². The molecule has 0 spiro atoms. The van der Waals surface area contributed by atoms with Crippen LogP contribution in [0, 0.1) is 11.8 Å². The monoisotopic (exact) mass is 285 g/mol. The van der Waals surface area contributed by atoms with Crippen molar-refractivity contribution >= 4 is 0 Å². The number of rotatable bonds is 1. The van der Waals surface area contributed by atoms with E-state index in [0.29, 0.717) is 30.4 Å². The van der Waals surface area contributed by atoms with Crippen LogP contribution in [0.2, 0.25) is 0 Å². The van der Waals surface area contributed by atoms with Gasteiger partial charge in [0.2, 0.25) is 0 Å². The molecule has 0 fully saturated rings. The topological polar surface area (TPSA) is 30.7 Å². The summed E-state index contributed by atoms with van der Waals surface area (Å²) in [4.78, 5) is 0. The lowest BCUT2D eigenvalue weighted by atomic mass is 9.83. The fourth-order valence-electron chi connectivity index (χ4n) is 2.97. The highest BCUT2D eigenvalue weighted by Crippen LogP contribution is 2.40. The third kappa shape index (κ3) is 2.86. The maximum Gasteiger partial charge on any atom is 0.293 e. The van der Waals surface area contributed by atoms with E-state index in [0.717, 1.165) is 6.42 Å². The summed E-state index contributed by atoms with van der Waals surface area (Å²) in [6.45, 7) is 10.1. The molecule has 1 heterocycles. The van der Waals surface area contributed by atoms with Crippen LogP contribution >= 0.6 is 0 Å². The summed E-state index contributed by atoms with van der Waals surface area (Å²) in [6.07, 6.45) is 2.01. The van der Waals surface area contributed by atoms with Crippen LogP contribution in [-0.2, 0) is 17.9 Å². The first-order valence-corrected chi connectivity index (χ1v) is 7.46. The lowest BCUT2D eigenvalue weighted by Gasteiger charge is -2.28. The first kappa shape index (κ1) is 15.4. The molecular weight excluding hydrogens is 260 g/mol. The highest BCUT2D eigenvalue weighted by atomic mass is 19.3. The Morgan fingerprint density at radius 3 is 2.45 bits per heavy atom. The van der Waals surface area contributed by atoms with Gasteiger partial charge in [0, 0.05) is 6.42 Å². The van der Waals surface area contributed by atoms with Gasteiger partial charge >= 0.3 is 0 Å². The molecule has 1 atom stereocenters. The fourth-order valence-corrected chi connectivity index (χ4v) is 2.97. The van der Waals surface area contributed by atoms with Crippen molar-refractivity contribution in [3.05, 3.63) is 11.4 Å². The first-order valence-electron chi connectivity index (χ1n) is 7.46. The zero-order valence-corrected chi connectivity index (χ0v) is 13.1. The van der Waals surface area contributed by atoms with Crippen molar-refractivity contribution in [3.8, 4) is 0 Å². The van der Waals surface area contributed by atoms with Gasteiger partial charge in [-0.2, -0.15) is 8.78 Å². The molecule has 1 aliphatic carbocycles. The van der Waals surface area contributed by atoms with Crippen LogP contribution in [0.25, 0.3) is 0 Å². The standard InChI is InChI=1S/C15H25F2N3/c1-10(2)11-6-7-12-13(15(16,17)9-8-11)18-19-20(12)14(3,4)5/h10-11H,6-9H2,1-5H3. The molecule has 1 aliphatic rings. The van der Waals surface area contributed by atoms with Crippen molar-refractivity contribution in [3.63, 3.8) is 0 Å². The molecule has 3 nitrogen and oxygen atoms in total. The highest BCUT2D eigenvalue weighted by Gasteiger charge is 2.41. The van der Waals surface area contributed by atoms with Gasteiger partial charge in [0.1, 0.15) is 0 Å². The second-order valence-electron chi connectivity index (χ2n) is 7.25. The number of hydrogen-bond donors (Lipinski definition) is 0. The number of nitrogens with zero attached hydrogens (tertiary/aromatic N) is 3. The number of alkyl halides is 2. The van der Waals surface area contributed by atoms with Gasteiger partial charge in [-0.15, -0.1) is 5.10 Å². The fraction of sp³-hybridized carbons (Fsp3) is 0.867. The van der Waals surface area contributed by atoms with E-state index in [1.807, 2.05) is 20.8 Å². The SMILES string of the molecule is CC(C)C1CCc2c(nnn2C(C)(C)C)C(F)(F)CC1. The van der Waals surface area contributed by atoms with Gasteiger partial charge < -0.3 is 0 Å². The first-order chi connectivity index (χ1) is 9.13. The average Bonchev–Trinajstić information content (AvgIpc) is 2.70. The van der Waals surface area contributed by atoms with E-state index in [9.17, 15) is 8.78 Å². The summed E-state index contributed by atoms with van der Waals surface area (Å²) in [7, 11) is 0. The smallest absolute Gasteiger partial charge is 0.244 e. The number of halogens is 2. The summed E-state index contributed by atoms with van der Waals surface area (Å²) < 4.78 is 30.4. The Bertz CT molecular complexity index is 472. The number of fused-ring (bicyclic) bond motifs is 1. The molecule has 0 amide bonds. The van der Waals surface area contributed by atoms with Crippen LogP contribution in [0.3, 0.4) is 0 Å². The van der Waals surface area contributed by atoms with Gasteiger partial charge in [0.15, 0.2) is 5.69 Å². The maximum atomic E-state index is 14.4. The van der Waals surface area contributed by atoms with Gasteiger partial charge in [-0.05, 0) is 51.9 Å². The Morgan fingerprint density at radius 2 is 1.90 bits per heavy atom. The lowest BCUT2D eigenvalue weighted by molar-refractivity contribution is -0.0289. The Labute approximate surface area is 119 Å². The molecule has 20 heavy (non-hydrogen) atoms. The van der Waals surface area contributed by atoms with Crippen molar-refractivity contribution in [2.45, 2.75) is 71.8 Å². The molecule has 0 aromatic carbocycles. The van der Waals surface area contributed by atoms with Crippen LogP contribution in [0.15, 0.2) is 0 Å². The van der Waals surface area contributed by atoms with Gasteiger partial charge in [-0.25, -0.2) is 4.68 Å². The zero-order valence-electron chi connectivity index (χ0n) is 13.1. The Morgan fingerprint density at radius 1 is 1.25 bits per heavy atom. The third-order valence-electron chi connectivity index (χ3n) is 4.27. The van der Waals surface area contributed by atoms with Crippen molar-refractivity contribution < 1.29 is 8.78 Å². The van der Waals surface area contributed by atoms with Crippen LogP contribution in [0.5, 0.6) is 0 Å². The summed E-state index contributed by atoms with van der Waals surface area (Å²) in [5.41, 5.74) is 0.200. The van der Waals surface area contributed by atoms with Crippen molar-refractivity contribution in [2.24, 2.45) is 11.8 Å². The minimum atomic E-state index is -2.85. The largest absolute Gasteiger partial charge is 0.293 e. The van der Waals surface area contributed by atoms with Gasteiger partial charge in [0.25, 0.3) is 5.92 Å². The molecule has 114 valence electrons. The molecule has 0 saturated heterocycles. The van der Waals surface area contributed by atoms with Gasteiger partial charge in [0.05, 0.1) is 11.2 Å². The number of hydrogen-bond acceptors (Lipinski definition) is 2. The quantitative estimate of drug-likeness (QED) is 0.777. The molecule has 5 heteroatoms. The summed E-state index contributed by atoms with van der Waals surface area (Å²) in [5, 5.41) is 7.82. The van der Waals surface area contributed by atoms with E-state index in [2.05, 4.69) is 24.2 Å². The minimum absolute atomic E-state index is 0.102. The summed E-state index contributed by atoms with van der Waals surface area (Å²) in [5.74, 6) is -2.07. The summed E-state index contributed by atoms with van der Waals surface area (Å²) in [6, 6.07) is 0. The van der Waals surface area contributed by atoms with E-state index < -0.39 is 5.92 Å². The lowest BCUT2D eigenvalue weighted by Crippen LogP contribution is -2.29. The third-order valence-corrected chi connectivity index (χ3v) is 4.27. The predicted molar refractivity (Wildman–Crippen MR) is 74.8 cm³/mol. The van der Waals surface area contributed by atoms with Crippen molar-refractivity contribution in [1.29, 1.82) is 0 Å². The molecule has 0 saturated carbocycles. The van der Waals surface area contributed by atoms with E-state index in [1.165, 1.54) is 0 Å². The Kier molecular flexibility index (Phi) is 3.91. The van der Waals surface area contributed by atoms with E-state index in [1.54, 1.807) is 4.68 Å². The van der Waals surface area contributed by atoms with E-state index in [4.69, 9.17) is 0 Å². The normalized spacial score (nSPS) is 23.3. The van der Waals surface area contributed by atoms with Crippen LogP contribution in [0.1, 0.15) is 65.3 Å². The van der Waals surface area contributed by atoms with Gasteiger partial charge in [-0.1, -0.05) is 19.1 Å². The molecule has 1 aromatic rings. The Hall–Kier alpha value is -1.00. The van der Waals surface area contributed by atoms with Crippen molar-refractivity contribution in [1.82, 2.24) is 15.0 Å². The van der Waals surface area contributed by atoms with Gasteiger partial charge in [-0.3, -0.25) is 0 Å². The second kappa shape index (κ2) is 5.08. The highest BCUT2D eigenvalue weighted by molar-refractivity contribution is 5.18. The van der Waals surface area contributed by atoms with E-state index >= 15 is 0 Å². The zero-order chi connectivity index (χ0) is 15.1. The molecular formula is C15H25F2N3. The Balaban J connectivity index is 2.42. The molecule has 2 rings (SSSR count). The minimum Gasteiger partial charge on any atom is -0.244 e. The van der Waals surface area contributed by atoms with E-state index in [-0.39, 0.29) is 17.7 Å². The van der Waals surface area contributed by atoms with Crippen LogP contribution < -0.4 is 0 Å². The maximum absolute atomic E-state index is 14.4. The molecule has 0 aliphatic heterocycles. The predicted octanol–water partition coefficient (Wildman–Crippen LogP) is 4.12. The van der Waals surface area contributed by atoms with Crippen LogP contribution in [0.4, 0.5) is 8.78 Å². The summed E-state index contributed by atoms with van der Waals surface area (Å²) >= 11 is 0. The molecule has 1 aromatic heterocycles. The average molecular weight is 285 g/mol. The molecule has 1 unspecified atom stereocenters. The second-order valence-corrected chi connectivity index (χ2v) is 7.25. The molecule has 0 bridgehead atoms.